The van der Waals surface area contributed by atoms with Gasteiger partial charge in [-0.05, 0) is 19.4 Å². The van der Waals surface area contributed by atoms with E-state index in [1.165, 1.54) is 0 Å². The lowest BCUT2D eigenvalue weighted by atomic mass is 9.93. The highest BCUT2D eigenvalue weighted by molar-refractivity contribution is 5.26. The van der Waals surface area contributed by atoms with Crippen molar-refractivity contribution in [1.29, 1.82) is 5.26 Å². The van der Waals surface area contributed by atoms with Crippen molar-refractivity contribution in [2.45, 2.75) is 32.3 Å². The lowest BCUT2D eigenvalue weighted by Gasteiger charge is -2.22. The van der Waals surface area contributed by atoms with Gasteiger partial charge in [-0.2, -0.15) is 5.26 Å². The van der Waals surface area contributed by atoms with Gasteiger partial charge in [0.15, 0.2) is 0 Å². The van der Waals surface area contributed by atoms with Crippen LogP contribution in [0.15, 0.2) is 18.3 Å². The summed E-state index contributed by atoms with van der Waals surface area (Å²) in [5, 5.41) is 18.6. The summed E-state index contributed by atoms with van der Waals surface area (Å²) in [4.78, 5) is 3.92. The Kier molecular flexibility index (Phi) is 3.21. The number of hydrogen-bond acceptors (Lipinski definition) is 3. The highest BCUT2D eigenvalue weighted by Gasteiger charge is 2.21. The summed E-state index contributed by atoms with van der Waals surface area (Å²) in [5.41, 5.74) is 0.301. The Hall–Kier alpha value is -1.40. The monoisotopic (exact) mass is 190 g/mol. The summed E-state index contributed by atoms with van der Waals surface area (Å²) in [6.45, 7) is 3.78. The summed E-state index contributed by atoms with van der Waals surface area (Å²) in [5.74, 6) is 0. The first-order chi connectivity index (χ1) is 6.60. The third-order valence-electron chi connectivity index (χ3n) is 2.24. The molecule has 1 aromatic rings. The van der Waals surface area contributed by atoms with Gasteiger partial charge in [-0.15, -0.1) is 0 Å². The van der Waals surface area contributed by atoms with Crippen LogP contribution in [0, 0.1) is 11.3 Å². The van der Waals surface area contributed by atoms with E-state index in [0.29, 0.717) is 12.1 Å². The Morgan fingerprint density at radius 2 is 2.29 bits per heavy atom. The van der Waals surface area contributed by atoms with E-state index < -0.39 is 5.60 Å². The topological polar surface area (TPSA) is 56.9 Å². The minimum atomic E-state index is -0.838. The summed E-state index contributed by atoms with van der Waals surface area (Å²) < 4.78 is 0. The van der Waals surface area contributed by atoms with Crippen molar-refractivity contribution in [3.05, 3.63) is 29.6 Å². The Labute approximate surface area is 84.0 Å². The molecule has 0 amide bonds. The van der Waals surface area contributed by atoms with Gasteiger partial charge >= 0.3 is 0 Å². The minimum absolute atomic E-state index is 0.376. The van der Waals surface area contributed by atoms with Crippen molar-refractivity contribution in [2.24, 2.45) is 0 Å². The third-order valence-corrected chi connectivity index (χ3v) is 2.24. The van der Waals surface area contributed by atoms with E-state index in [-0.39, 0.29) is 0 Å². The van der Waals surface area contributed by atoms with Crippen LogP contribution in [0.3, 0.4) is 0 Å². The van der Waals surface area contributed by atoms with Crippen LogP contribution in [0.1, 0.15) is 37.9 Å². The van der Waals surface area contributed by atoms with Gasteiger partial charge in [0.05, 0.1) is 5.60 Å². The Morgan fingerprint density at radius 1 is 1.57 bits per heavy atom. The van der Waals surface area contributed by atoms with Crippen molar-refractivity contribution in [3.63, 3.8) is 0 Å². The first-order valence-electron chi connectivity index (χ1n) is 4.69. The number of nitriles is 1. The van der Waals surface area contributed by atoms with E-state index in [1.807, 2.05) is 13.0 Å². The molecule has 3 nitrogen and oxygen atoms in total. The smallest absolute Gasteiger partial charge is 0.140 e. The molecule has 1 atom stereocenters. The van der Waals surface area contributed by atoms with Crippen molar-refractivity contribution >= 4 is 0 Å². The molecular formula is C11H14N2O. The SMILES string of the molecule is CCCC(C)(O)c1ccc(C#N)nc1. The Balaban J connectivity index is 2.92. The molecule has 3 heteroatoms. The molecule has 0 saturated carbocycles. The summed E-state index contributed by atoms with van der Waals surface area (Å²) in [7, 11) is 0. The number of hydrogen-bond donors (Lipinski definition) is 1. The number of rotatable bonds is 3. The third kappa shape index (κ3) is 2.30. The lowest BCUT2D eigenvalue weighted by Crippen LogP contribution is -2.20. The molecule has 0 bridgehead atoms. The second-order valence-electron chi connectivity index (χ2n) is 3.57. The predicted octanol–water partition coefficient (Wildman–Crippen LogP) is 1.96. The molecule has 0 spiro atoms. The quantitative estimate of drug-likeness (QED) is 0.792. The average molecular weight is 190 g/mol. The molecule has 0 aromatic carbocycles. The van der Waals surface area contributed by atoms with Crippen LogP contribution in [0.2, 0.25) is 0 Å². The second-order valence-corrected chi connectivity index (χ2v) is 3.57. The number of pyridine rings is 1. The van der Waals surface area contributed by atoms with Gasteiger partial charge in [-0.1, -0.05) is 19.4 Å². The van der Waals surface area contributed by atoms with Crippen LogP contribution in [0.5, 0.6) is 0 Å². The highest BCUT2D eigenvalue weighted by Crippen LogP contribution is 2.24. The van der Waals surface area contributed by atoms with Gasteiger partial charge in [0.25, 0.3) is 0 Å². The predicted molar refractivity (Wildman–Crippen MR) is 53.4 cm³/mol. The molecule has 0 fully saturated rings. The fraction of sp³-hybridized carbons (Fsp3) is 0.455. The zero-order chi connectivity index (χ0) is 10.6. The fourth-order valence-electron chi connectivity index (χ4n) is 1.41. The number of aromatic nitrogens is 1. The Morgan fingerprint density at radius 3 is 2.71 bits per heavy atom. The molecule has 0 aliphatic heterocycles. The maximum absolute atomic E-state index is 10.0. The van der Waals surface area contributed by atoms with E-state index in [4.69, 9.17) is 5.26 Å². The average Bonchev–Trinajstić information content (AvgIpc) is 2.18. The molecule has 0 saturated heterocycles. The van der Waals surface area contributed by atoms with Crippen molar-refractivity contribution in [2.75, 3.05) is 0 Å². The number of nitrogens with zero attached hydrogens (tertiary/aromatic N) is 2. The Bertz CT molecular complexity index is 335. The first-order valence-corrected chi connectivity index (χ1v) is 4.69. The zero-order valence-electron chi connectivity index (χ0n) is 8.49. The van der Waals surface area contributed by atoms with Crippen LogP contribution in [-0.2, 0) is 5.60 Å². The highest BCUT2D eigenvalue weighted by atomic mass is 16.3. The standard InChI is InChI=1S/C11H14N2O/c1-3-6-11(2,14)9-4-5-10(7-12)13-8-9/h4-5,8,14H,3,6H2,1-2H3. The maximum Gasteiger partial charge on any atom is 0.140 e. The van der Waals surface area contributed by atoms with E-state index in [2.05, 4.69) is 4.98 Å². The largest absolute Gasteiger partial charge is 0.385 e. The molecule has 1 aromatic heterocycles. The molecule has 0 radical (unpaired) electrons. The fourth-order valence-corrected chi connectivity index (χ4v) is 1.41. The van der Waals surface area contributed by atoms with Crippen LogP contribution < -0.4 is 0 Å². The first kappa shape index (κ1) is 10.7. The molecule has 14 heavy (non-hydrogen) atoms. The van der Waals surface area contributed by atoms with Crippen LogP contribution >= 0.6 is 0 Å². The summed E-state index contributed by atoms with van der Waals surface area (Å²) in [6.07, 6.45) is 3.17. The van der Waals surface area contributed by atoms with E-state index in [0.717, 1.165) is 12.0 Å². The molecule has 0 aliphatic carbocycles. The second kappa shape index (κ2) is 4.21. The van der Waals surface area contributed by atoms with Crippen molar-refractivity contribution < 1.29 is 5.11 Å². The molecule has 74 valence electrons. The molecule has 1 N–H and O–H groups in total. The molecule has 0 aliphatic rings. The van der Waals surface area contributed by atoms with Gasteiger partial charge in [0.2, 0.25) is 0 Å². The zero-order valence-corrected chi connectivity index (χ0v) is 8.49. The summed E-state index contributed by atoms with van der Waals surface area (Å²) >= 11 is 0. The van der Waals surface area contributed by atoms with E-state index in [1.54, 1.807) is 25.3 Å². The van der Waals surface area contributed by atoms with Gasteiger partial charge in [0, 0.05) is 11.8 Å². The van der Waals surface area contributed by atoms with Crippen molar-refractivity contribution in [3.8, 4) is 6.07 Å². The normalized spacial score (nSPS) is 14.4. The maximum atomic E-state index is 10.0. The van der Waals surface area contributed by atoms with Gasteiger partial charge in [0.1, 0.15) is 11.8 Å². The van der Waals surface area contributed by atoms with Gasteiger partial charge < -0.3 is 5.11 Å². The van der Waals surface area contributed by atoms with E-state index in [9.17, 15) is 5.11 Å². The van der Waals surface area contributed by atoms with Crippen molar-refractivity contribution in [1.82, 2.24) is 4.98 Å². The number of aliphatic hydroxyl groups is 1. The lowest BCUT2D eigenvalue weighted by molar-refractivity contribution is 0.0466. The van der Waals surface area contributed by atoms with Crippen LogP contribution in [0.25, 0.3) is 0 Å². The molecular weight excluding hydrogens is 176 g/mol. The summed E-state index contributed by atoms with van der Waals surface area (Å²) in [6, 6.07) is 5.32. The van der Waals surface area contributed by atoms with E-state index >= 15 is 0 Å². The van der Waals surface area contributed by atoms with Gasteiger partial charge in [-0.25, -0.2) is 4.98 Å². The van der Waals surface area contributed by atoms with Gasteiger partial charge in [-0.3, -0.25) is 0 Å². The minimum Gasteiger partial charge on any atom is -0.385 e. The molecule has 1 unspecified atom stereocenters. The van der Waals surface area contributed by atoms with Crippen LogP contribution in [0.4, 0.5) is 0 Å². The molecule has 1 heterocycles. The van der Waals surface area contributed by atoms with Crippen LogP contribution in [-0.4, -0.2) is 10.1 Å². The molecule has 1 rings (SSSR count).